The van der Waals surface area contributed by atoms with Crippen molar-refractivity contribution in [2.45, 2.75) is 31.8 Å². The second kappa shape index (κ2) is 7.00. The maximum Gasteiger partial charge on any atom is 0.137 e. The summed E-state index contributed by atoms with van der Waals surface area (Å²) in [4.78, 5) is 0. The van der Waals surface area contributed by atoms with Crippen LogP contribution in [0, 0.1) is 5.82 Å². The molecule has 2 aromatic carbocycles. The molecule has 20 heavy (non-hydrogen) atoms. The number of aliphatic hydroxyl groups is 1. The second-order valence-corrected chi connectivity index (χ2v) is 5.70. The van der Waals surface area contributed by atoms with Crippen molar-refractivity contribution in [1.29, 1.82) is 0 Å². The number of halogens is 2. The van der Waals surface area contributed by atoms with Gasteiger partial charge in [-0.25, -0.2) is 4.39 Å². The normalized spacial score (nSPS) is 14.0. The van der Waals surface area contributed by atoms with E-state index in [0.717, 1.165) is 17.5 Å². The van der Waals surface area contributed by atoms with Crippen molar-refractivity contribution >= 4 is 15.9 Å². The Morgan fingerprint density at radius 3 is 2.45 bits per heavy atom. The fraction of sp³-hybridized carbons (Fsp3) is 0.294. The van der Waals surface area contributed by atoms with Gasteiger partial charge >= 0.3 is 0 Å². The zero-order valence-corrected chi connectivity index (χ0v) is 13.0. The van der Waals surface area contributed by atoms with Gasteiger partial charge in [0.05, 0.1) is 10.6 Å². The largest absolute Gasteiger partial charge is 0.392 e. The minimum Gasteiger partial charge on any atom is -0.392 e. The van der Waals surface area contributed by atoms with Crippen LogP contribution in [-0.2, 0) is 6.42 Å². The molecule has 0 radical (unpaired) electrons. The lowest BCUT2D eigenvalue weighted by Gasteiger charge is -2.22. The van der Waals surface area contributed by atoms with Gasteiger partial charge in [-0.3, -0.25) is 0 Å². The van der Waals surface area contributed by atoms with Crippen LogP contribution in [0.1, 0.15) is 30.4 Å². The molecule has 3 heteroatoms. The molecule has 0 bridgehead atoms. The lowest BCUT2D eigenvalue weighted by Crippen LogP contribution is -2.21. The van der Waals surface area contributed by atoms with Gasteiger partial charge in [0.1, 0.15) is 5.82 Å². The molecule has 0 saturated carbocycles. The van der Waals surface area contributed by atoms with E-state index in [1.165, 1.54) is 6.07 Å². The van der Waals surface area contributed by atoms with E-state index in [1.807, 2.05) is 36.4 Å². The summed E-state index contributed by atoms with van der Waals surface area (Å²) < 4.78 is 14.0. The number of rotatable bonds is 5. The lowest BCUT2D eigenvalue weighted by molar-refractivity contribution is 0.140. The number of hydrogen-bond donors (Lipinski definition) is 1. The maximum atomic E-state index is 13.5. The van der Waals surface area contributed by atoms with Crippen LogP contribution in [0.15, 0.2) is 53.0 Å². The van der Waals surface area contributed by atoms with Gasteiger partial charge < -0.3 is 5.11 Å². The molecular formula is C17H18BrFO. The van der Waals surface area contributed by atoms with Crippen LogP contribution in [0.3, 0.4) is 0 Å². The van der Waals surface area contributed by atoms with Gasteiger partial charge in [-0.15, -0.1) is 0 Å². The second-order valence-electron chi connectivity index (χ2n) is 4.91. The van der Waals surface area contributed by atoms with Gasteiger partial charge in [0.25, 0.3) is 0 Å². The SMILES string of the molecule is CCC(c1ccccc1)C(O)Cc1cccc(F)c1Br. The Labute approximate surface area is 127 Å². The van der Waals surface area contributed by atoms with Crippen molar-refractivity contribution < 1.29 is 9.50 Å². The standard InChI is InChI=1S/C17H18BrFO/c1-2-14(12-7-4-3-5-8-12)16(20)11-13-9-6-10-15(19)17(13)18/h3-10,14,16,20H,2,11H2,1H3. The van der Waals surface area contributed by atoms with E-state index in [-0.39, 0.29) is 11.7 Å². The van der Waals surface area contributed by atoms with E-state index >= 15 is 0 Å². The van der Waals surface area contributed by atoms with E-state index in [9.17, 15) is 9.50 Å². The summed E-state index contributed by atoms with van der Waals surface area (Å²) in [6.07, 6.45) is 0.754. The minimum absolute atomic E-state index is 0.0615. The molecule has 0 aromatic heterocycles. The number of aliphatic hydroxyl groups excluding tert-OH is 1. The monoisotopic (exact) mass is 336 g/mol. The fourth-order valence-corrected chi connectivity index (χ4v) is 2.93. The van der Waals surface area contributed by atoms with Crippen LogP contribution in [0.4, 0.5) is 4.39 Å². The molecule has 0 amide bonds. The Kier molecular flexibility index (Phi) is 5.32. The topological polar surface area (TPSA) is 20.2 Å². The minimum atomic E-state index is -0.527. The van der Waals surface area contributed by atoms with E-state index in [0.29, 0.717) is 10.9 Å². The van der Waals surface area contributed by atoms with Crippen LogP contribution < -0.4 is 0 Å². The van der Waals surface area contributed by atoms with E-state index in [1.54, 1.807) is 6.07 Å². The van der Waals surface area contributed by atoms with Crippen LogP contribution in [-0.4, -0.2) is 11.2 Å². The molecule has 0 aliphatic rings. The first-order valence-corrected chi connectivity index (χ1v) is 7.58. The zero-order valence-electron chi connectivity index (χ0n) is 11.4. The maximum absolute atomic E-state index is 13.5. The molecular weight excluding hydrogens is 319 g/mol. The van der Waals surface area contributed by atoms with Gasteiger partial charge in [0.15, 0.2) is 0 Å². The highest BCUT2D eigenvalue weighted by molar-refractivity contribution is 9.10. The van der Waals surface area contributed by atoms with Crippen molar-refractivity contribution in [2.24, 2.45) is 0 Å². The summed E-state index contributed by atoms with van der Waals surface area (Å²) in [5.74, 6) is -0.228. The number of benzene rings is 2. The summed E-state index contributed by atoms with van der Waals surface area (Å²) in [6, 6.07) is 14.9. The van der Waals surface area contributed by atoms with Crippen molar-refractivity contribution in [3.8, 4) is 0 Å². The van der Waals surface area contributed by atoms with E-state index in [4.69, 9.17) is 0 Å². The van der Waals surface area contributed by atoms with E-state index in [2.05, 4.69) is 22.9 Å². The van der Waals surface area contributed by atoms with E-state index < -0.39 is 6.10 Å². The summed E-state index contributed by atoms with van der Waals surface area (Å²) in [5, 5.41) is 10.5. The molecule has 2 atom stereocenters. The molecule has 0 aliphatic heterocycles. The summed E-state index contributed by atoms with van der Waals surface area (Å²) in [6.45, 7) is 2.06. The summed E-state index contributed by atoms with van der Waals surface area (Å²) >= 11 is 3.25. The van der Waals surface area contributed by atoms with Crippen LogP contribution in [0.2, 0.25) is 0 Å². The molecule has 0 fully saturated rings. The molecule has 0 saturated heterocycles. The molecule has 0 spiro atoms. The van der Waals surface area contributed by atoms with Crippen molar-refractivity contribution in [3.63, 3.8) is 0 Å². The molecule has 106 valence electrons. The molecule has 2 unspecified atom stereocenters. The quantitative estimate of drug-likeness (QED) is 0.840. The highest BCUT2D eigenvalue weighted by Crippen LogP contribution is 2.28. The van der Waals surface area contributed by atoms with Crippen LogP contribution >= 0.6 is 15.9 Å². The lowest BCUT2D eigenvalue weighted by atomic mass is 9.88. The smallest absolute Gasteiger partial charge is 0.137 e. The van der Waals surface area contributed by atoms with Crippen molar-refractivity contribution in [3.05, 3.63) is 69.9 Å². The average Bonchev–Trinajstić information content (AvgIpc) is 2.46. The highest BCUT2D eigenvalue weighted by atomic mass is 79.9. The van der Waals surface area contributed by atoms with Gasteiger partial charge in [-0.2, -0.15) is 0 Å². The average molecular weight is 337 g/mol. The molecule has 1 nitrogen and oxygen atoms in total. The molecule has 2 rings (SSSR count). The highest BCUT2D eigenvalue weighted by Gasteiger charge is 2.21. The Bertz CT molecular complexity index is 556. The molecule has 0 heterocycles. The predicted molar refractivity (Wildman–Crippen MR) is 83.3 cm³/mol. The Morgan fingerprint density at radius 2 is 1.80 bits per heavy atom. The van der Waals surface area contributed by atoms with Gasteiger partial charge in [0, 0.05) is 12.3 Å². The van der Waals surface area contributed by atoms with Gasteiger partial charge in [0.2, 0.25) is 0 Å². The van der Waals surface area contributed by atoms with Crippen molar-refractivity contribution in [2.75, 3.05) is 0 Å². The first kappa shape index (κ1) is 15.2. The Hall–Kier alpha value is -1.19. The first-order chi connectivity index (χ1) is 9.63. The third-order valence-corrected chi connectivity index (χ3v) is 4.48. The molecule has 0 aliphatic carbocycles. The van der Waals surface area contributed by atoms with Crippen LogP contribution in [0.5, 0.6) is 0 Å². The van der Waals surface area contributed by atoms with Gasteiger partial charge in [-0.1, -0.05) is 49.4 Å². The third kappa shape index (κ3) is 3.47. The third-order valence-electron chi connectivity index (χ3n) is 3.59. The first-order valence-electron chi connectivity index (χ1n) is 6.79. The van der Waals surface area contributed by atoms with Crippen LogP contribution in [0.25, 0.3) is 0 Å². The van der Waals surface area contributed by atoms with Gasteiger partial charge in [-0.05, 0) is 39.5 Å². The molecule has 1 N–H and O–H groups in total. The van der Waals surface area contributed by atoms with Crippen molar-refractivity contribution in [1.82, 2.24) is 0 Å². The Morgan fingerprint density at radius 1 is 1.10 bits per heavy atom. The number of hydrogen-bond acceptors (Lipinski definition) is 1. The summed E-state index contributed by atoms with van der Waals surface area (Å²) in [5.41, 5.74) is 1.92. The zero-order chi connectivity index (χ0) is 14.5. The molecule has 2 aromatic rings. The Balaban J connectivity index is 2.18. The summed E-state index contributed by atoms with van der Waals surface area (Å²) in [7, 11) is 0. The fourth-order valence-electron chi connectivity index (χ4n) is 2.50. The predicted octanol–water partition coefficient (Wildman–Crippen LogP) is 4.69.